The van der Waals surface area contributed by atoms with Crippen molar-refractivity contribution in [2.45, 2.75) is 52.7 Å². The molecule has 190 valence electrons. The molecular formula is C28H32N2O6. The van der Waals surface area contributed by atoms with Crippen molar-refractivity contribution in [2.75, 3.05) is 10.6 Å². The van der Waals surface area contributed by atoms with E-state index < -0.39 is 23.4 Å². The van der Waals surface area contributed by atoms with Crippen molar-refractivity contribution in [3.05, 3.63) is 72.8 Å². The third kappa shape index (κ3) is 9.21. The normalized spacial score (nSPS) is 11.3. The molecule has 3 aromatic carbocycles. The molecule has 8 nitrogen and oxygen atoms in total. The Morgan fingerprint density at radius 2 is 0.750 bits per heavy atom. The van der Waals surface area contributed by atoms with Crippen LogP contribution in [0, 0.1) is 0 Å². The maximum Gasteiger partial charge on any atom is 0.412 e. The van der Waals surface area contributed by atoms with Crippen LogP contribution in [0.2, 0.25) is 0 Å². The highest BCUT2D eigenvalue weighted by Gasteiger charge is 2.17. The van der Waals surface area contributed by atoms with Crippen molar-refractivity contribution in [2.24, 2.45) is 0 Å². The molecule has 2 N–H and O–H groups in total. The van der Waals surface area contributed by atoms with Crippen LogP contribution in [-0.2, 0) is 9.47 Å². The number of anilines is 2. The molecule has 8 heteroatoms. The summed E-state index contributed by atoms with van der Waals surface area (Å²) >= 11 is 0. The van der Waals surface area contributed by atoms with Crippen molar-refractivity contribution in [1.29, 1.82) is 0 Å². The molecule has 0 bridgehead atoms. The number of ether oxygens (including phenoxy) is 4. The number of amides is 2. The van der Waals surface area contributed by atoms with Crippen molar-refractivity contribution < 1.29 is 28.5 Å². The van der Waals surface area contributed by atoms with Crippen LogP contribution >= 0.6 is 0 Å². The Morgan fingerprint density at radius 1 is 0.500 bits per heavy atom. The van der Waals surface area contributed by atoms with Gasteiger partial charge in [0.25, 0.3) is 0 Å². The van der Waals surface area contributed by atoms with Gasteiger partial charge in [0.05, 0.1) is 0 Å². The maximum absolute atomic E-state index is 11.9. The van der Waals surface area contributed by atoms with E-state index in [1.54, 1.807) is 72.8 Å². The Labute approximate surface area is 211 Å². The van der Waals surface area contributed by atoms with Crippen LogP contribution in [0.4, 0.5) is 21.0 Å². The molecule has 0 aliphatic rings. The third-order valence-corrected chi connectivity index (χ3v) is 4.29. The Hall–Kier alpha value is -4.20. The van der Waals surface area contributed by atoms with Crippen LogP contribution in [0.3, 0.4) is 0 Å². The number of hydrogen-bond acceptors (Lipinski definition) is 6. The molecule has 0 aromatic heterocycles. The van der Waals surface area contributed by atoms with E-state index in [1.165, 1.54) is 0 Å². The first-order valence-corrected chi connectivity index (χ1v) is 11.5. The van der Waals surface area contributed by atoms with Gasteiger partial charge in [-0.1, -0.05) is 0 Å². The average molecular weight is 493 g/mol. The van der Waals surface area contributed by atoms with Crippen molar-refractivity contribution in [1.82, 2.24) is 0 Å². The number of rotatable bonds is 6. The van der Waals surface area contributed by atoms with Gasteiger partial charge in [0.1, 0.15) is 34.2 Å². The number of benzene rings is 3. The van der Waals surface area contributed by atoms with E-state index >= 15 is 0 Å². The van der Waals surface area contributed by atoms with Gasteiger partial charge in [0.2, 0.25) is 0 Å². The molecule has 0 saturated carbocycles. The minimum Gasteiger partial charge on any atom is -0.457 e. The number of nitrogens with one attached hydrogen (secondary N) is 2. The standard InChI is InChI=1S/C28H32N2O6/c1-27(2,3)35-25(31)29-19-7-11-21(12-8-19)33-23-15-17-24(18-16-23)34-22-13-9-20(10-14-22)30-26(32)36-28(4,5)6/h7-18H,1-6H3,(H,29,31)(H,30,32). The lowest BCUT2D eigenvalue weighted by Gasteiger charge is -2.19. The zero-order chi connectivity index (χ0) is 26.3. The molecule has 0 atom stereocenters. The average Bonchev–Trinajstić information content (AvgIpc) is 2.75. The molecule has 0 heterocycles. The molecule has 2 amide bonds. The van der Waals surface area contributed by atoms with Crippen LogP contribution in [-0.4, -0.2) is 23.4 Å². The highest BCUT2D eigenvalue weighted by molar-refractivity contribution is 5.85. The fourth-order valence-electron chi connectivity index (χ4n) is 2.90. The first kappa shape index (κ1) is 26.4. The minimum absolute atomic E-state index is 0.513. The molecule has 0 unspecified atom stereocenters. The van der Waals surface area contributed by atoms with Crippen LogP contribution in [0.1, 0.15) is 41.5 Å². The van der Waals surface area contributed by atoms with E-state index in [2.05, 4.69) is 10.6 Å². The lowest BCUT2D eigenvalue weighted by atomic mass is 10.2. The van der Waals surface area contributed by atoms with Crippen molar-refractivity contribution >= 4 is 23.6 Å². The Bertz CT molecular complexity index is 1060. The Morgan fingerprint density at radius 3 is 1.00 bits per heavy atom. The molecule has 0 radical (unpaired) electrons. The van der Waals surface area contributed by atoms with Crippen LogP contribution in [0.15, 0.2) is 72.8 Å². The summed E-state index contributed by atoms with van der Waals surface area (Å²) in [6.07, 6.45) is -1.03. The summed E-state index contributed by atoms with van der Waals surface area (Å²) in [5, 5.41) is 5.36. The van der Waals surface area contributed by atoms with E-state index in [9.17, 15) is 9.59 Å². The predicted molar refractivity (Wildman–Crippen MR) is 139 cm³/mol. The van der Waals surface area contributed by atoms with E-state index in [4.69, 9.17) is 18.9 Å². The number of carbonyl (C=O) groups excluding carboxylic acids is 2. The van der Waals surface area contributed by atoms with Gasteiger partial charge in [-0.25, -0.2) is 9.59 Å². The van der Waals surface area contributed by atoms with Crippen molar-refractivity contribution in [3.63, 3.8) is 0 Å². The largest absolute Gasteiger partial charge is 0.457 e. The smallest absolute Gasteiger partial charge is 0.412 e. The van der Waals surface area contributed by atoms with Gasteiger partial charge in [0.15, 0.2) is 0 Å². The molecule has 3 rings (SSSR count). The predicted octanol–water partition coefficient (Wildman–Crippen LogP) is 7.97. The van der Waals surface area contributed by atoms with Gasteiger partial charge in [-0.15, -0.1) is 0 Å². The summed E-state index contributed by atoms with van der Waals surface area (Å²) in [6, 6.07) is 21.1. The Balaban J connectivity index is 1.51. The van der Waals surface area contributed by atoms with Gasteiger partial charge >= 0.3 is 12.2 Å². The topological polar surface area (TPSA) is 95.1 Å². The highest BCUT2D eigenvalue weighted by Crippen LogP contribution is 2.28. The van der Waals surface area contributed by atoms with Crippen LogP contribution in [0.25, 0.3) is 0 Å². The van der Waals surface area contributed by atoms with Crippen molar-refractivity contribution in [3.8, 4) is 23.0 Å². The van der Waals surface area contributed by atoms with Gasteiger partial charge in [-0.3, -0.25) is 10.6 Å². The molecule has 0 aliphatic heterocycles. The van der Waals surface area contributed by atoms with E-state index in [1.807, 2.05) is 41.5 Å². The Kier molecular flexibility index (Phi) is 8.09. The summed E-state index contributed by atoms with van der Waals surface area (Å²) in [7, 11) is 0. The summed E-state index contributed by atoms with van der Waals surface area (Å²) in [4.78, 5) is 23.7. The summed E-state index contributed by atoms with van der Waals surface area (Å²) < 4.78 is 22.2. The lowest BCUT2D eigenvalue weighted by molar-refractivity contribution is 0.0624. The third-order valence-electron chi connectivity index (χ3n) is 4.29. The number of hydrogen-bond donors (Lipinski definition) is 2. The SMILES string of the molecule is CC(C)(C)OC(=O)Nc1ccc(Oc2ccc(Oc3ccc(NC(=O)OC(C)(C)C)cc3)cc2)cc1. The van der Waals surface area contributed by atoms with Gasteiger partial charge in [0, 0.05) is 11.4 Å². The van der Waals surface area contributed by atoms with Gasteiger partial charge in [-0.2, -0.15) is 0 Å². The second kappa shape index (κ2) is 11.0. The molecule has 0 spiro atoms. The molecule has 0 saturated heterocycles. The maximum atomic E-state index is 11.9. The molecule has 3 aromatic rings. The van der Waals surface area contributed by atoms with E-state index in [-0.39, 0.29) is 0 Å². The molecule has 0 fully saturated rings. The molecular weight excluding hydrogens is 460 g/mol. The summed E-state index contributed by atoms with van der Waals surface area (Å²) in [5.74, 6) is 2.50. The summed E-state index contributed by atoms with van der Waals surface area (Å²) in [6.45, 7) is 10.8. The molecule has 0 aliphatic carbocycles. The first-order chi connectivity index (χ1) is 16.8. The van der Waals surface area contributed by atoms with E-state index in [0.717, 1.165) is 0 Å². The van der Waals surface area contributed by atoms with Crippen LogP contribution < -0.4 is 20.1 Å². The zero-order valence-electron chi connectivity index (χ0n) is 21.4. The van der Waals surface area contributed by atoms with Gasteiger partial charge < -0.3 is 18.9 Å². The lowest BCUT2D eigenvalue weighted by Crippen LogP contribution is -2.27. The van der Waals surface area contributed by atoms with Gasteiger partial charge in [-0.05, 0) is 114 Å². The van der Waals surface area contributed by atoms with E-state index in [0.29, 0.717) is 34.4 Å². The highest BCUT2D eigenvalue weighted by atomic mass is 16.6. The fourth-order valence-corrected chi connectivity index (χ4v) is 2.90. The first-order valence-electron chi connectivity index (χ1n) is 11.5. The van der Waals surface area contributed by atoms with Crippen LogP contribution in [0.5, 0.6) is 23.0 Å². The second-order valence-electron chi connectivity index (χ2n) is 9.98. The summed E-state index contributed by atoms with van der Waals surface area (Å²) in [5.41, 5.74) is 0.0805. The minimum atomic E-state index is -0.564. The molecule has 36 heavy (non-hydrogen) atoms. The second-order valence-corrected chi connectivity index (χ2v) is 9.98. The number of carbonyl (C=O) groups is 2. The quantitative estimate of drug-likeness (QED) is 0.362. The monoisotopic (exact) mass is 492 g/mol. The zero-order valence-corrected chi connectivity index (χ0v) is 21.4. The fraction of sp³-hybridized carbons (Fsp3) is 0.286.